The fourth-order valence-corrected chi connectivity index (χ4v) is 3.22. The van der Waals surface area contributed by atoms with Crippen molar-refractivity contribution in [2.45, 2.75) is 25.4 Å². The van der Waals surface area contributed by atoms with Gasteiger partial charge in [0.2, 0.25) is 11.8 Å². The maximum atomic E-state index is 12.4. The highest BCUT2D eigenvalue weighted by Gasteiger charge is 2.30. The lowest BCUT2D eigenvalue weighted by Gasteiger charge is -2.22. The van der Waals surface area contributed by atoms with Crippen molar-refractivity contribution < 1.29 is 19.0 Å². The van der Waals surface area contributed by atoms with Crippen molar-refractivity contribution in [1.29, 1.82) is 0 Å². The van der Waals surface area contributed by atoms with Crippen LogP contribution in [0.4, 0.5) is 0 Å². The molecule has 1 aromatic carbocycles. The number of pyridine rings is 1. The van der Waals surface area contributed by atoms with Gasteiger partial charge in [0.15, 0.2) is 0 Å². The van der Waals surface area contributed by atoms with Gasteiger partial charge in [-0.2, -0.15) is 0 Å². The minimum Gasteiger partial charge on any atom is -0.497 e. The number of amides is 1. The Balaban J connectivity index is 1.81. The number of likely N-dealkylation sites (tertiary alicyclic amines) is 1. The standard InChI is InChI=1S/C21H21ClN2O4/c1-26-17-9-4-14(19(12-17)27-2)13-24-16(8-11-20(24)25)7-5-15-6-10-18(22)21(23-15)28-3/h4,6,9-10,12,16H,8,11,13H2,1-3H3. The van der Waals surface area contributed by atoms with Gasteiger partial charge in [-0.25, -0.2) is 4.98 Å². The molecule has 0 N–H and O–H groups in total. The molecule has 2 heterocycles. The summed E-state index contributed by atoms with van der Waals surface area (Å²) in [4.78, 5) is 18.4. The first-order valence-corrected chi connectivity index (χ1v) is 9.16. The number of ether oxygens (including phenoxy) is 3. The molecule has 1 atom stereocenters. The Morgan fingerprint density at radius 2 is 2.00 bits per heavy atom. The van der Waals surface area contributed by atoms with Gasteiger partial charge < -0.3 is 19.1 Å². The Morgan fingerprint density at radius 3 is 2.71 bits per heavy atom. The third-order valence-corrected chi connectivity index (χ3v) is 4.82. The zero-order chi connectivity index (χ0) is 20.1. The van der Waals surface area contributed by atoms with Crippen molar-refractivity contribution in [3.8, 4) is 29.2 Å². The summed E-state index contributed by atoms with van der Waals surface area (Å²) < 4.78 is 15.8. The van der Waals surface area contributed by atoms with E-state index in [-0.39, 0.29) is 11.9 Å². The van der Waals surface area contributed by atoms with Crippen molar-refractivity contribution in [2.24, 2.45) is 0 Å². The number of carbonyl (C=O) groups is 1. The van der Waals surface area contributed by atoms with E-state index in [1.165, 1.54) is 7.11 Å². The Morgan fingerprint density at radius 1 is 1.18 bits per heavy atom. The van der Waals surface area contributed by atoms with E-state index >= 15 is 0 Å². The summed E-state index contributed by atoms with van der Waals surface area (Å²) in [5.41, 5.74) is 1.44. The average molecular weight is 401 g/mol. The fraction of sp³-hybridized carbons (Fsp3) is 0.333. The summed E-state index contributed by atoms with van der Waals surface area (Å²) in [7, 11) is 4.70. The van der Waals surface area contributed by atoms with Crippen molar-refractivity contribution in [1.82, 2.24) is 9.88 Å². The van der Waals surface area contributed by atoms with Crippen LogP contribution < -0.4 is 14.2 Å². The van der Waals surface area contributed by atoms with Gasteiger partial charge in [0.25, 0.3) is 0 Å². The molecular weight excluding hydrogens is 380 g/mol. The van der Waals surface area contributed by atoms with Crippen molar-refractivity contribution in [2.75, 3.05) is 21.3 Å². The Kier molecular flexibility index (Phi) is 6.27. The third kappa shape index (κ3) is 4.32. The van der Waals surface area contributed by atoms with Gasteiger partial charge >= 0.3 is 0 Å². The van der Waals surface area contributed by atoms with Crippen LogP contribution >= 0.6 is 11.6 Å². The first-order valence-electron chi connectivity index (χ1n) is 8.78. The highest BCUT2D eigenvalue weighted by molar-refractivity contribution is 6.31. The highest BCUT2D eigenvalue weighted by Crippen LogP contribution is 2.29. The molecule has 7 heteroatoms. The zero-order valence-corrected chi connectivity index (χ0v) is 16.7. The second kappa shape index (κ2) is 8.85. The Bertz CT molecular complexity index is 936. The number of benzene rings is 1. The second-order valence-electron chi connectivity index (χ2n) is 6.21. The molecule has 1 aromatic heterocycles. The number of halogens is 1. The second-order valence-corrected chi connectivity index (χ2v) is 6.62. The predicted molar refractivity (Wildman–Crippen MR) is 106 cm³/mol. The van der Waals surface area contributed by atoms with Crippen LogP contribution in [0.25, 0.3) is 0 Å². The average Bonchev–Trinajstić information content (AvgIpc) is 3.07. The smallest absolute Gasteiger partial charge is 0.233 e. The topological polar surface area (TPSA) is 60.9 Å². The summed E-state index contributed by atoms with van der Waals surface area (Å²) in [5, 5.41) is 0.428. The molecule has 6 nitrogen and oxygen atoms in total. The number of nitrogens with zero attached hydrogens (tertiary/aromatic N) is 2. The maximum Gasteiger partial charge on any atom is 0.233 e. The molecule has 1 saturated heterocycles. The Labute approximate surface area is 169 Å². The zero-order valence-electron chi connectivity index (χ0n) is 16.0. The van der Waals surface area contributed by atoms with E-state index in [2.05, 4.69) is 16.8 Å². The number of rotatable bonds is 5. The SMILES string of the molecule is COc1ccc(CN2C(=O)CCC2C#Cc2ccc(Cl)c(OC)n2)c(OC)c1. The van der Waals surface area contributed by atoms with E-state index in [0.29, 0.717) is 47.5 Å². The lowest BCUT2D eigenvalue weighted by atomic mass is 10.1. The van der Waals surface area contributed by atoms with E-state index in [1.54, 1.807) is 37.3 Å². The highest BCUT2D eigenvalue weighted by atomic mass is 35.5. The molecule has 2 aromatic rings. The van der Waals surface area contributed by atoms with Gasteiger partial charge in [0.05, 0.1) is 33.9 Å². The monoisotopic (exact) mass is 400 g/mol. The summed E-state index contributed by atoms with van der Waals surface area (Å²) in [6.45, 7) is 0.419. The van der Waals surface area contributed by atoms with Crippen LogP contribution in [0.5, 0.6) is 17.4 Å². The predicted octanol–water partition coefficient (Wildman–Crippen LogP) is 3.30. The lowest BCUT2D eigenvalue weighted by molar-refractivity contribution is -0.128. The van der Waals surface area contributed by atoms with Crippen LogP contribution in [0.1, 0.15) is 24.1 Å². The van der Waals surface area contributed by atoms with E-state index in [0.717, 1.165) is 5.56 Å². The van der Waals surface area contributed by atoms with Crippen LogP contribution in [0.15, 0.2) is 30.3 Å². The Hall–Kier alpha value is -2.91. The van der Waals surface area contributed by atoms with Gasteiger partial charge in [-0.05, 0) is 36.6 Å². The van der Waals surface area contributed by atoms with Gasteiger partial charge in [-0.15, -0.1) is 0 Å². The minimum absolute atomic E-state index is 0.0683. The van der Waals surface area contributed by atoms with Crippen molar-refractivity contribution in [3.05, 3.63) is 46.6 Å². The largest absolute Gasteiger partial charge is 0.497 e. The molecule has 1 aliphatic rings. The molecule has 0 saturated carbocycles. The van der Waals surface area contributed by atoms with Gasteiger partial charge in [0, 0.05) is 18.1 Å². The van der Waals surface area contributed by atoms with E-state index < -0.39 is 0 Å². The molecule has 0 bridgehead atoms. The molecule has 1 unspecified atom stereocenters. The minimum atomic E-state index is -0.192. The molecule has 1 aliphatic heterocycles. The molecule has 0 spiro atoms. The van der Waals surface area contributed by atoms with E-state index in [9.17, 15) is 4.79 Å². The molecule has 0 radical (unpaired) electrons. The first kappa shape index (κ1) is 19.8. The normalized spacial score (nSPS) is 15.8. The van der Waals surface area contributed by atoms with Crippen LogP contribution in [-0.4, -0.2) is 43.2 Å². The van der Waals surface area contributed by atoms with Crippen LogP contribution in [0.2, 0.25) is 5.02 Å². The van der Waals surface area contributed by atoms with Gasteiger partial charge in [-0.1, -0.05) is 17.5 Å². The fourth-order valence-electron chi connectivity index (χ4n) is 3.04. The molecule has 1 amide bonds. The van der Waals surface area contributed by atoms with Crippen LogP contribution in [0.3, 0.4) is 0 Å². The molecule has 146 valence electrons. The van der Waals surface area contributed by atoms with Crippen LogP contribution in [-0.2, 0) is 11.3 Å². The van der Waals surface area contributed by atoms with E-state index in [4.69, 9.17) is 25.8 Å². The summed E-state index contributed by atoms with van der Waals surface area (Å²) >= 11 is 6.00. The van der Waals surface area contributed by atoms with Crippen LogP contribution in [0, 0.1) is 11.8 Å². The van der Waals surface area contributed by atoms with E-state index in [1.807, 2.05) is 12.1 Å². The third-order valence-electron chi connectivity index (χ3n) is 4.54. The maximum absolute atomic E-state index is 12.4. The molecule has 1 fully saturated rings. The summed E-state index contributed by atoms with van der Waals surface area (Å²) in [6.07, 6.45) is 1.14. The number of methoxy groups -OCH3 is 3. The number of carbonyl (C=O) groups excluding carboxylic acids is 1. The lowest BCUT2D eigenvalue weighted by Crippen LogP contribution is -2.31. The molecule has 0 aliphatic carbocycles. The summed E-state index contributed by atoms with van der Waals surface area (Å²) in [6, 6.07) is 8.79. The quantitative estimate of drug-likeness (QED) is 0.721. The molecular formula is C21H21ClN2O4. The number of hydrogen-bond acceptors (Lipinski definition) is 5. The van der Waals surface area contributed by atoms with Gasteiger partial charge in [-0.3, -0.25) is 4.79 Å². The number of hydrogen-bond donors (Lipinski definition) is 0. The van der Waals surface area contributed by atoms with Gasteiger partial charge in [0.1, 0.15) is 22.2 Å². The molecule has 28 heavy (non-hydrogen) atoms. The summed E-state index contributed by atoms with van der Waals surface area (Å²) in [5.74, 6) is 7.96. The first-order chi connectivity index (χ1) is 13.5. The molecule has 3 rings (SSSR count). The van der Waals surface area contributed by atoms with Crippen molar-refractivity contribution >= 4 is 17.5 Å². The number of aromatic nitrogens is 1. The van der Waals surface area contributed by atoms with Crippen molar-refractivity contribution in [3.63, 3.8) is 0 Å².